The number of amides is 1. The van der Waals surface area contributed by atoms with Crippen molar-refractivity contribution in [1.29, 1.82) is 0 Å². The lowest BCUT2D eigenvalue weighted by Gasteiger charge is -2.06. The molecule has 0 saturated heterocycles. The van der Waals surface area contributed by atoms with Crippen LogP contribution in [0.5, 0.6) is 0 Å². The van der Waals surface area contributed by atoms with Crippen LogP contribution in [0.1, 0.15) is 22.8 Å². The molecule has 0 fully saturated rings. The molecule has 0 spiro atoms. The Morgan fingerprint density at radius 2 is 2.04 bits per heavy atom. The summed E-state index contributed by atoms with van der Waals surface area (Å²) < 4.78 is 7.41. The molecular weight excluding hydrogens is 312 g/mol. The third-order valence-electron chi connectivity index (χ3n) is 3.38. The molecule has 0 aliphatic carbocycles. The molecule has 0 bridgehead atoms. The summed E-state index contributed by atoms with van der Waals surface area (Å²) in [5, 5.41) is 9.29. The molecule has 3 aromatic rings. The first kappa shape index (κ1) is 15.4. The summed E-state index contributed by atoms with van der Waals surface area (Å²) in [5.74, 6) is 1.74. The van der Waals surface area contributed by atoms with Gasteiger partial charge in [-0.15, -0.1) is 10.2 Å². The predicted octanol–water partition coefficient (Wildman–Crippen LogP) is 2.95. The quantitative estimate of drug-likeness (QED) is 0.703. The minimum absolute atomic E-state index is 0.419. The van der Waals surface area contributed by atoms with Crippen molar-refractivity contribution in [3.05, 3.63) is 53.8 Å². The number of nitrogens with zero attached hydrogens (tertiary/aromatic N) is 3. The van der Waals surface area contributed by atoms with E-state index in [0.717, 1.165) is 28.8 Å². The van der Waals surface area contributed by atoms with E-state index >= 15 is 0 Å². The van der Waals surface area contributed by atoms with Gasteiger partial charge in [0.15, 0.2) is 16.7 Å². The van der Waals surface area contributed by atoms with Gasteiger partial charge in [-0.25, -0.2) is 0 Å². The molecule has 118 valence electrons. The van der Waals surface area contributed by atoms with Crippen molar-refractivity contribution in [3.63, 3.8) is 0 Å². The maximum atomic E-state index is 11.1. The molecule has 7 heteroatoms. The Morgan fingerprint density at radius 1 is 1.26 bits per heavy atom. The fourth-order valence-corrected chi connectivity index (χ4v) is 3.14. The zero-order valence-electron chi connectivity index (χ0n) is 12.6. The van der Waals surface area contributed by atoms with Crippen molar-refractivity contribution in [2.24, 2.45) is 5.73 Å². The Balaban J connectivity index is 1.74. The van der Waals surface area contributed by atoms with Gasteiger partial charge in [0.05, 0.1) is 6.26 Å². The van der Waals surface area contributed by atoms with Crippen LogP contribution in [0.15, 0.2) is 52.2 Å². The second kappa shape index (κ2) is 6.70. The van der Waals surface area contributed by atoms with E-state index in [1.165, 1.54) is 0 Å². The highest BCUT2D eigenvalue weighted by Gasteiger charge is 2.15. The monoisotopic (exact) mass is 328 g/mol. The molecule has 1 aromatic carbocycles. The number of benzene rings is 1. The Labute approximate surface area is 137 Å². The van der Waals surface area contributed by atoms with Crippen LogP contribution >= 0.6 is 11.8 Å². The Bertz CT molecular complexity index is 794. The molecule has 0 atom stereocenters. The number of nitrogens with two attached hydrogens (primary N) is 1. The number of hydrogen-bond acceptors (Lipinski definition) is 5. The molecule has 0 saturated carbocycles. The molecule has 1 amide bonds. The maximum absolute atomic E-state index is 11.1. The van der Waals surface area contributed by atoms with Gasteiger partial charge in [0.2, 0.25) is 5.91 Å². The number of rotatable bonds is 6. The van der Waals surface area contributed by atoms with Crippen LogP contribution in [-0.4, -0.2) is 20.7 Å². The minimum atomic E-state index is -0.419. The lowest BCUT2D eigenvalue weighted by molar-refractivity contribution is 0.100. The largest absolute Gasteiger partial charge is 0.461 e. The van der Waals surface area contributed by atoms with Gasteiger partial charge in [-0.1, -0.05) is 23.9 Å². The fourth-order valence-electron chi connectivity index (χ4n) is 2.18. The molecule has 2 N–H and O–H groups in total. The first-order valence-electron chi connectivity index (χ1n) is 7.17. The maximum Gasteiger partial charge on any atom is 0.248 e. The van der Waals surface area contributed by atoms with E-state index in [-0.39, 0.29) is 0 Å². The van der Waals surface area contributed by atoms with E-state index in [2.05, 4.69) is 10.2 Å². The van der Waals surface area contributed by atoms with E-state index in [9.17, 15) is 4.79 Å². The summed E-state index contributed by atoms with van der Waals surface area (Å²) in [6.07, 6.45) is 1.62. The normalized spacial score (nSPS) is 10.8. The average molecular weight is 328 g/mol. The van der Waals surface area contributed by atoms with Crippen molar-refractivity contribution in [2.75, 3.05) is 0 Å². The van der Waals surface area contributed by atoms with Gasteiger partial charge in [-0.2, -0.15) is 0 Å². The van der Waals surface area contributed by atoms with Crippen LogP contribution in [0, 0.1) is 0 Å². The Kier molecular flexibility index (Phi) is 4.47. The molecule has 0 aliphatic heterocycles. The van der Waals surface area contributed by atoms with Gasteiger partial charge in [0.1, 0.15) is 0 Å². The minimum Gasteiger partial charge on any atom is -0.461 e. The summed E-state index contributed by atoms with van der Waals surface area (Å²) in [7, 11) is 0. The molecule has 2 aromatic heterocycles. The van der Waals surface area contributed by atoms with Gasteiger partial charge in [-0.3, -0.25) is 9.36 Å². The molecule has 0 radical (unpaired) electrons. The van der Waals surface area contributed by atoms with Gasteiger partial charge < -0.3 is 10.2 Å². The lowest BCUT2D eigenvalue weighted by Crippen LogP contribution is -2.10. The number of furan rings is 1. The van der Waals surface area contributed by atoms with Crippen LogP contribution < -0.4 is 5.73 Å². The van der Waals surface area contributed by atoms with Crippen LogP contribution in [0.25, 0.3) is 11.6 Å². The van der Waals surface area contributed by atoms with Crippen LogP contribution in [0.3, 0.4) is 0 Å². The zero-order valence-corrected chi connectivity index (χ0v) is 13.4. The second-order valence-corrected chi connectivity index (χ2v) is 5.82. The van der Waals surface area contributed by atoms with Crippen molar-refractivity contribution >= 4 is 17.7 Å². The van der Waals surface area contributed by atoms with Crippen LogP contribution in [0.2, 0.25) is 0 Å². The number of carbonyl (C=O) groups excluding carboxylic acids is 1. The third-order valence-corrected chi connectivity index (χ3v) is 4.42. The first-order valence-corrected chi connectivity index (χ1v) is 8.16. The van der Waals surface area contributed by atoms with Gasteiger partial charge in [0.25, 0.3) is 0 Å². The van der Waals surface area contributed by atoms with E-state index in [1.807, 2.05) is 35.8 Å². The summed E-state index contributed by atoms with van der Waals surface area (Å²) in [6, 6.07) is 11.0. The highest BCUT2D eigenvalue weighted by molar-refractivity contribution is 7.98. The summed E-state index contributed by atoms with van der Waals surface area (Å²) in [5.41, 5.74) is 6.84. The van der Waals surface area contributed by atoms with Crippen LogP contribution in [-0.2, 0) is 12.3 Å². The number of aromatic nitrogens is 3. The average Bonchev–Trinajstić information content (AvgIpc) is 3.22. The predicted molar refractivity (Wildman–Crippen MR) is 87.9 cm³/mol. The summed E-state index contributed by atoms with van der Waals surface area (Å²) in [6.45, 7) is 2.80. The van der Waals surface area contributed by atoms with Gasteiger partial charge in [0, 0.05) is 17.9 Å². The third kappa shape index (κ3) is 3.29. The van der Waals surface area contributed by atoms with E-state index < -0.39 is 5.91 Å². The lowest BCUT2D eigenvalue weighted by atomic mass is 10.1. The van der Waals surface area contributed by atoms with E-state index in [1.54, 1.807) is 30.2 Å². The molecule has 0 aliphatic rings. The number of carbonyl (C=O) groups is 1. The molecule has 23 heavy (non-hydrogen) atoms. The Hall–Kier alpha value is -2.54. The van der Waals surface area contributed by atoms with Gasteiger partial charge in [-0.05, 0) is 36.8 Å². The van der Waals surface area contributed by atoms with E-state index in [0.29, 0.717) is 11.3 Å². The highest BCUT2D eigenvalue weighted by atomic mass is 32.2. The molecule has 6 nitrogen and oxygen atoms in total. The fraction of sp³-hybridized carbons (Fsp3) is 0.188. The molecular formula is C16H16N4O2S. The van der Waals surface area contributed by atoms with Crippen molar-refractivity contribution < 1.29 is 9.21 Å². The smallest absolute Gasteiger partial charge is 0.248 e. The first-order chi connectivity index (χ1) is 11.2. The number of primary amides is 1. The number of thioether (sulfide) groups is 1. The van der Waals surface area contributed by atoms with Gasteiger partial charge >= 0.3 is 0 Å². The summed E-state index contributed by atoms with van der Waals surface area (Å²) in [4.78, 5) is 11.1. The van der Waals surface area contributed by atoms with Crippen molar-refractivity contribution in [3.8, 4) is 11.6 Å². The molecule has 0 unspecified atom stereocenters. The Morgan fingerprint density at radius 3 is 2.65 bits per heavy atom. The standard InChI is InChI=1S/C16H16N4O2S/c1-2-20-15(13-4-3-9-22-13)18-19-16(20)23-10-11-5-7-12(8-6-11)14(17)21/h3-9H,2,10H2,1H3,(H2,17,21). The summed E-state index contributed by atoms with van der Waals surface area (Å²) >= 11 is 1.59. The van der Waals surface area contributed by atoms with E-state index in [4.69, 9.17) is 10.2 Å². The topological polar surface area (TPSA) is 86.9 Å². The SMILES string of the molecule is CCn1c(SCc2ccc(C(N)=O)cc2)nnc1-c1ccco1. The second-order valence-electron chi connectivity index (χ2n) is 4.88. The zero-order chi connectivity index (χ0) is 16.2. The molecule has 3 rings (SSSR count). The highest BCUT2D eigenvalue weighted by Crippen LogP contribution is 2.26. The van der Waals surface area contributed by atoms with Crippen molar-refractivity contribution in [1.82, 2.24) is 14.8 Å². The van der Waals surface area contributed by atoms with Crippen molar-refractivity contribution in [2.45, 2.75) is 24.4 Å². The molecule has 2 heterocycles. The number of hydrogen-bond donors (Lipinski definition) is 1. The van der Waals surface area contributed by atoms with Crippen LogP contribution in [0.4, 0.5) is 0 Å².